The maximum atomic E-state index is 10.3. The van der Waals surface area contributed by atoms with Crippen molar-refractivity contribution in [2.24, 2.45) is 0 Å². The summed E-state index contributed by atoms with van der Waals surface area (Å²) in [6.45, 7) is 2.86. The Bertz CT molecular complexity index is 510. The van der Waals surface area contributed by atoms with Crippen LogP contribution in [-0.4, -0.2) is 14.9 Å². The number of halogens is 1. The molecule has 1 atom stereocenters. The van der Waals surface area contributed by atoms with Gasteiger partial charge in [-0.25, -0.2) is 0 Å². The lowest BCUT2D eigenvalue weighted by atomic mass is 10.1. The Kier molecular flexibility index (Phi) is 5.00. The Morgan fingerprint density at radius 3 is 2.74 bits per heavy atom. The van der Waals surface area contributed by atoms with E-state index in [1.807, 2.05) is 18.2 Å². The zero-order chi connectivity index (χ0) is 13.7. The summed E-state index contributed by atoms with van der Waals surface area (Å²) >= 11 is 6.11. The van der Waals surface area contributed by atoms with Crippen molar-refractivity contribution >= 4 is 11.6 Å². The second kappa shape index (κ2) is 6.73. The number of aliphatic hydroxyl groups is 1. The molecule has 0 saturated heterocycles. The number of aryl methyl sites for hydroxylation is 2. The van der Waals surface area contributed by atoms with Gasteiger partial charge in [0, 0.05) is 6.54 Å². The first-order valence-corrected chi connectivity index (χ1v) is 7.03. The van der Waals surface area contributed by atoms with Crippen LogP contribution in [0.25, 0.3) is 0 Å². The van der Waals surface area contributed by atoms with Crippen LogP contribution < -0.4 is 0 Å². The molecular weight excluding hydrogens is 260 g/mol. The predicted molar refractivity (Wildman–Crippen MR) is 77.3 cm³/mol. The Morgan fingerprint density at radius 1 is 1.32 bits per heavy atom. The van der Waals surface area contributed by atoms with Crippen molar-refractivity contribution in [2.45, 2.75) is 38.8 Å². The van der Waals surface area contributed by atoms with Crippen LogP contribution in [0, 0.1) is 0 Å². The second-order valence-electron chi connectivity index (χ2n) is 4.64. The molecule has 0 aliphatic heterocycles. The van der Waals surface area contributed by atoms with E-state index in [0.717, 1.165) is 25.1 Å². The van der Waals surface area contributed by atoms with Gasteiger partial charge in [-0.3, -0.25) is 4.68 Å². The molecule has 1 aromatic heterocycles. The number of hydrogen-bond acceptors (Lipinski definition) is 2. The van der Waals surface area contributed by atoms with E-state index in [4.69, 9.17) is 11.6 Å². The molecule has 4 heteroatoms. The second-order valence-corrected chi connectivity index (χ2v) is 5.05. The van der Waals surface area contributed by atoms with Crippen LogP contribution in [0.4, 0.5) is 0 Å². The van der Waals surface area contributed by atoms with E-state index in [9.17, 15) is 5.11 Å². The summed E-state index contributed by atoms with van der Waals surface area (Å²) in [6, 6.07) is 10.1. The van der Waals surface area contributed by atoms with Crippen LogP contribution in [0.1, 0.15) is 37.1 Å². The summed E-state index contributed by atoms with van der Waals surface area (Å²) in [5.74, 6) is 0. The van der Waals surface area contributed by atoms with Crippen molar-refractivity contribution in [2.75, 3.05) is 0 Å². The summed E-state index contributed by atoms with van der Waals surface area (Å²) < 4.78 is 1.80. The van der Waals surface area contributed by atoms with Crippen molar-refractivity contribution < 1.29 is 5.11 Å². The van der Waals surface area contributed by atoms with Crippen molar-refractivity contribution in [3.8, 4) is 0 Å². The van der Waals surface area contributed by atoms with Crippen LogP contribution in [0.3, 0.4) is 0 Å². The molecule has 1 N–H and O–H groups in total. The Morgan fingerprint density at radius 2 is 2.05 bits per heavy atom. The van der Waals surface area contributed by atoms with Crippen molar-refractivity contribution in [3.05, 3.63) is 52.8 Å². The minimum Gasteiger partial charge on any atom is -0.387 e. The molecule has 0 spiro atoms. The highest BCUT2D eigenvalue weighted by molar-refractivity contribution is 6.31. The van der Waals surface area contributed by atoms with Crippen LogP contribution in [0.15, 0.2) is 36.5 Å². The van der Waals surface area contributed by atoms with E-state index in [2.05, 4.69) is 24.2 Å². The number of nitrogens with zero attached hydrogens (tertiary/aromatic N) is 2. The van der Waals surface area contributed by atoms with E-state index in [1.165, 1.54) is 5.56 Å². The third-order valence-corrected chi connectivity index (χ3v) is 3.42. The maximum absolute atomic E-state index is 10.3. The highest BCUT2D eigenvalue weighted by Crippen LogP contribution is 2.26. The van der Waals surface area contributed by atoms with Gasteiger partial charge >= 0.3 is 0 Å². The Hall–Kier alpha value is -1.32. The summed E-state index contributed by atoms with van der Waals surface area (Å²) in [6.07, 6.45) is 3.49. The van der Waals surface area contributed by atoms with Gasteiger partial charge in [0.15, 0.2) is 0 Å². The van der Waals surface area contributed by atoms with E-state index in [-0.39, 0.29) is 0 Å². The molecule has 102 valence electrons. The number of rotatable bonds is 6. The Balaban J connectivity index is 2.03. The molecule has 2 aromatic rings. The van der Waals surface area contributed by atoms with Crippen LogP contribution in [0.2, 0.25) is 5.02 Å². The highest BCUT2D eigenvalue weighted by Gasteiger charge is 2.17. The third kappa shape index (κ3) is 3.58. The molecule has 1 aromatic carbocycles. The predicted octanol–water partition coefficient (Wildman–Crippen LogP) is 3.61. The average Bonchev–Trinajstić information content (AvgIpc) is 2.79. The van der Waals surface area contributed by atoms with Gasteiger partial charge in [0.2, 0.25) is 0 Å². The zero-order valence-corrected chi connectivity index (χ0v) is 11.8. The first kappa shape index (κ1) is 14.1. The van der Waals surface area contributed by atoms with E-state index in [0.29, 0.717) is 11.4 Å². The number of aliphatic hydroxyl groups excluding tert-OH is 1. The fraction of sp³-hybridized carbons (Fsp3) is 0.400. The molecule has 0 bridgehead atoms. The van der Waals surface area contributed by atoms with E-state index >= 15 is 0 Å². The molecule has 2 rings (SSSR count). The number of hydrogen-bond donors (Lipinski definition) is 1. The van der Waals surface area contributed by atoms with Crippen LogP contribution >= 0.6 is 11.6 Å². The lowest BCUT2D eigenvalue weighted by Gasteiger charge is -2.13. The van der Waals surface area contributed by atoms with Gasteiger partial charge in [0.1, 0.15) is 0 Å². The molecular formula is C15H19ClN2O. The first-order chi connectivity index (χ1) is 9.22. The molecule has 3 nitrogen and oxygen atoms in total. The Labute approximate surface area is 118 Å². The molecule has 0 radical (unpaired) electrons. The SMILES string of the molecule is CCCn1ncc(Cl)c1C(O)CCc1ccccc1. The van der Waals surface area contributed by atoms with Crippen molar-refractivity contribution in [1.29, 1.82) is 0 Å². The van der Waals surface area contributed by atoms with Gasteiger partial charge < -0.3 is 5.11 Å². The standard InChI is InChI=1S/C15H19ClN2O/c1-2-10-18-15(13(16)11-17-18)14(19)9-8-12-6-4-3-5-7-12/h3-7,11,14,19H,2,8-10H2,1H3. The molecule has 0 aliphatic carbocycles. The number of benzene rings is 1. The maximum Gasteiger partial charge on any atom is 0.0975 e. The summed E-state index contributed by atoms with van der Waals surface area (Å²) in [5, 5.41) is 15.1. The topological polar surface area (TPSA) is 38.0 Å². The number of aromatic nitrogens is 2. The molecule has 0 saturated carbocycles. The monoisotopic (exact) mass is 278 g/mol. The van der Waals surface area contributed by atoms with Gasteiger partial charge in [-0.1, -0.05) is 48.9 Å². The van der Waals surface area contributed by atoms with Gasteiger partial charge in [-0.05, 0) is 24.8 Å². The summed E-state index contributed by atoms with van der Waals surface area (Å²) in [4.78, 5) is 0. The largest absolute Gasteiger partial charge is 0.387 e. The molecule has 1 heterocycles. The average molecular weight is 279 g/mol. The fourth-order valence-corrected chi connectivity index (χ4v) is 2.45. The lowest BCUT2D eigenvalue weighted by Crippen LogP contribution is -2.10. The van der Waals surface area contributed by atoms with Gasteiger partial charge in [-0.2, -0.15) is 5.10 Å². The quantitative estimate of drug-likeness (QED) is 0.876. The van der Waals surface area contributed by atoms with Gasteiger partial charge in [-0.15, -0.1) is 0 Å². The lowest BCUT2D eigenvalue weighted by molar-refractivity contribution is 0.156. The zero-order valence-electron chi connectivity index (χ0n) is 11.1. The summed E-state index contributed by atoms with van der Waals surface area (Å²) in [7, 11) is 0. The van der Waals surface area contributed by atoms with Crippen LogP contribution in [-0.2, 0) is 13.0 Å². The summed E-state index contributed by atoms with van der Waals surface area (Å²) in [5.41, 5.74) is 1.96. The smallest absolute Gasteiger partial charge is 0.0975 e. The van der Waals surface area contributed by atoms with Crippen molar-refractivity contribution in [3.63, 3.8) is 0 Å². The third-order valence-electron chi connectivity index (χ3n) is 3.13. The van der Waals surface area contributed by atoms with E-state index in [1.54, 1.807) is 10.9 Å². The molecule has 0 amide bonds. The minimum absolute atomic E-state index is 0.550. The molecule has 1 unspecified atom stereocenters. The molecule has 19 heavy (non-hydrogen) atoms. The highest BCUT2D eigenvalue weighted by atomic mass is 35.5. The van der Waals surface area contributed by atoms with Crippen molar-refractivity contribution in [1.82, 2.24) is 9.78 Å². The van der Waals surface area contributed by atoms with Gasteiger partial charge in [0.05, 0.1) is 23.0 Å². The van der Waals surface area contributed by atoms with E-state index < -0.39 is 6.10 Å². The fourth-order valence-electron chi connectivity index (χ4n) is 2.18. The minimum atomic E-state index is -0.568. The van der Waals surface area contributed by atoms with Gasteiger partial charge in [0.25, 0.3) is 0 Å². The molecule has 0 aliphatic rings. The first-order valence-electron chi connectivity index (χ1n) is 6.65. The normalized spacial score (nSPS) is 12.6. The van der Waals surface area contributed by atoms with Crippen LogP contribution in [0.5, 0.6) is 0 Å². The molecule has 0 fully saturated rings.